The lowest BCUT2D eigenvalue weighted by atomic mass is 10.2. The topological polar surface area (TPSA) is 54.5 Å². The average molecular weight is 351 g/mol. The number of fused-ring (bicyclic) bond motifs is 1. The molecule has 1 amide bonds. The molecule has 6 heteroatoms. The Morgan fingerprint density at radius 1 is 1.38 bits per heavy atom. The van der Waals surface area contributed by atoms with Crippen LogP contribution in [0.3, 0.4) is 0 Å². The second-order valence-corrected chi connectivity index (χ2v) is 6.60. The number of hydrogen-bond acceptors (Lipinski definition) is 3. The van der Waals surface area contributed by atoms with E-state index in [0.29, 0.717) is 6.42 Å². The number of nitrogens with zero attached hydrogens (tertiary/aromatic N) is 1. The van der Waals surface area contributed by atoms with E-state index >= 15 is 0 Å². The van der Waals surface area contributed by atoms with Crippen molar-refractivity contribution in [3.05, 3.63) is 27.3 Å². The molecule has 0 spiro atoms. The van der Waals surface area contributed by atoms with Gasteiger partial charge in [0.15, 0.2) is 0 Å². The molecule has 1 aliphatic heterocycles. The Hall–Kier alpha value is -0.630. The summed E-state index contributed by atoms with van der Waals surface area (Å²) in [6.07, 6.45) is 0.621. The predicted octanol–water partition coefficient (Wildman–Crippen LogP) is 1.85. The summed E-state index contributed by atoms with van der Waals surface area (Å²) in [5.74, 6) is -0.409. The molecule has 0 fully saturated rings. The number of hydrogen-bond donors (Lipinski definition) is 0. The molecule has 0 radical (unpaired) electrons. The van der Waals surface area contributed by atoms with E-state index in [9.17, 15) is 13.2 Å². The first kappa shape index (κ1) is 11.8. The molecule has 0 saturated carbocycles. The summed E-state index contributed by atoms with van der Waals surface area (Å²) in [6, 6.07) is 4.85. The third-order valence-corrected chi connectivity index (χ3v) is 4.89. The zero-order chi connectivity index (χ0) is 11.9. The SMILES string of the molecule is CCCN1C(=O)c2ccc(I)cc2S1(=O)=O. The van der Waals surface area contributed by atoms with Gasteiger partial charge in [-0.2, -0.15) is 0 Å². The highest BCUT2D eigenvalue weighted by atomic mass is 127. The molecule has 1 heterocycles. The van der Waals surface area contributed by atoms with Gasteiger partial charge in [0.1, 0.15) is 4.90 Å². The smallest absolute Gasteiger partial charge is 0.268 e. The molecule has 4 nitrogen and oxygen atoms in total. The summed E-state index contributed by atoms with van der Waals surface area (Å²) in [4.78, 5) is 12.0. The van der Waals surface area contributed by atoms with Gasteiger partial charge in [0.2, 0.25) is 0 Å². The largest absolute Gasteiger partial charge is 0.269 e. The number of halogens is 1. The van der Waals surface area contributed by atoms with Crippen LogP contribution in [0.25, 0.3) is 0 Å². The normalized spacial score (nSPS) is 17.6. The van der Waals surface area contributed by atoms with Crippen LogP contribution in [0.1, 0.15) is 23.7 Å². The first-order valence-corrected chi connectivity index (χ1v) is 7.37. The highest BCUT2D eigenvalue weighted by Crippen LogP contribution is 2.31. The highest BCUT2D eigenvalue weighted by Gasteiger charge is 2.40. The van der Waals surface area contributed by atoms with E-state index in [1.54, 1.807) is 18.2 Å². The van der Waals surface area contributed by atoms with Gasteiger partial charge in [0.05, 0.1) is 5.56 Å². The van der Waals surface area contributed by atoms with Gasteiger partial charge in [0.25, 0.3) is 15.9 Å². The predicted molar refractivity (Wildman–Crippen MR) is 67.7 cm³/mol. The van der Waals surface area contributed by atoms with Crippen LogP contribution in [0.4, 0.5) is 0 Å². The maximum absolute atomic E-state index is 12.0. The van der Waals surface area contributed by atoms with E-state index in [0.717, 1.165) is 7.88 Å². The number of carbonyl (C=O) groups is 1. The van der Waals surface area contributed by atoms with Gasteiger partial charge in [-0.3, -0.25) is 4.79 Å². The van der Waals surface area contributed by atoms with Crippen LogP contribution in [0.2, 0.25) is 0 Å². The first-order chi connectivity index (χ1) is 7.48. The van der Waals surface area contributed by atoms with Crippen molar-refractivity contribution in [3.63, 3.8) is 0 Å². The summed E-state index contributed by atoms with van der Waals surface area (Å²) in [5, 5.41) is 0. The van der Waals surface area contributed by atoms with Gasteiger partial charge in [-0.25, -0.2) is 12.7 Å². The lowest BCUT2D eigenvalue weighted by Crippen LogP contribution is -2.30. The van der Waals surface area contributed by atoms with Gasteiger partial charge in [-0.15, -0.1) is 0 Å². The molecule has 1 aliphatic rings. The van der Waals surface area contributed by atoms with E-state index in [1.165, 1.54) is 0 Å². The number of benzene rings is 1. The van der Waals surface area contributed by atoms with E-state index in [1.807, 2.05) is 29.5 Å². The van der Waals surface area contributed by atoms with Crippen LogP contribution in [0.15, 0.2) is 23.1 Å². The fourth-order valence-electron chi connectivity index (χ4n) is 1.67. The molecule has 0 unspecified atom stereocenters. The van der Waals surface area contributed by atoms with E-state index in [4.69, 9.17) is 0 Å². The maximum Gasteiger partial charge on any atom is 0.269 e. The summed E-state index contributed by atoms with van der Waals surface area (Å²) in [7, 11) is -3.60. The Kier molecular flexibility index (Phi) is 2.95. The third kappa shape index (κ3) is 1.64. The van der Waals surface area contributed by atoms with Crippen molar-refractivity contribution < 1.29 is 13.2 Å². The second-order valence-electron chi connectivity index (χ2n) is 3.52. The quantitative estimate of drug-likeness (QED) is 0.765. The van der Waals surface area contributed by atoms with Gasteiger partial charge in [-0.05, 0) is 47.2 Å². The second kappa shape index (κ2) is 3.99. The minimum Gasteiger partial charge on any atom is -0.268 e. The minimum absolute atomic E-state index is 0.137. The molecule has 0 aromatic heterocycles. The molecule has 86 valence electrons. The number of sulfonamides is 1. The fourth-order valence-corrected chi connectivity index (χ4v) is 4.06. The Labute approximate surface area is 108 Å². The summed E-state index contributed by atoms with van der Waals surface area (Å²) >= 11 is 2.03. The molecule has 16 heavy (non-hydrogen) atoms. The van der Waals surface area contributed by atoms with Crippen LogP contribution in [0, 0.1) is 3.57 Å². The van der Waals surface area contributed by atoms with Crippen molar-refractivity contribution >= 4 is 38.5 Å². The highest BCUT2D eigenvalue weighted by molar-refractivity contribution is 14.1. The van der Waals surface area contributed by atoms with E-state index in [-0.39, 0.29) is 17.0 Å². The Balaban J connectivity index is 2.63. The Morgan fingerprint density at radius 3 is 2.69 bits per heavy atom. The molecule has 2 rings (SSSR count). The van der Waals surface area contributed by atoms with Gasteiger partial charge in [0, 0.05) is 10.1 Å². The fraction of sp³-hybridized carbons (Fsp3) is 0.300. The van der Waals surface area contributed by atoms with Crippen molar-refractivity contribution in [2.45, 2.75) is 18.2 Å². The third-order valence-electron chi connectivity index (χ3n) is 2.40. The van der Waals surface area contributed by atoms with E-state index < -0.39 is 15.9 Å². The zero-order valence-electron chi connectivity index (χ0n) is 8.60. The summed E-state index contributed by atoms with van der Waals surface area (Å²) in [6.45, 7) is 2.09. The molecule has 0 bridgehead atoms. The average Bonchev–Trinajstić information content (AvgIpc) is 2.40. The standard InChI is InChI=1S/C10H10INO3S/c1-2-5-12-10(13)8-4-3-7(11)6-9(8)16(12,14)15/h3-4,6H,2,5H2,1H3. The molecular weight excluding hydrogens is 341 g/mol. The van der Waals surface area contributed by atoms with Crippen LogP contribution in [-0.4, -0.2) is 25.2 Å². The molecular formula is C10H10INO3S. The number of rotatable bonds is 2. The van der Waals surface area contributed by atoms with Crippen molar-refractivity contribution in [2.75, 3.05) is 6.54 Å². The first-order valence-electron chi connectivity index (χ1n) is 4.85. The van der Waals surface area contributed by atoms with Crippen LogP contribution in [0.5, 0.6) is 0 Å². The minimum atomic E-state index is -3.60. The molecule has 0 N–H and O–H groups in total. The monoisotopic (exact) mass is 351 g/mol. The number of carbonyl (C=O) groups excluding carboxylic acids is 1. The van der Waals surface area contributed by atoms with Crippen LogP contribution >= 0.6 is 22.6 Å². The van der Waals surface area contributed by atoms with E-state index in [2.05, 4.69) is 0 Å². The lowest BCUT2D eigenvalue weighted by molar-refractivity contribution is 0.0871. The molecule has 0 aliphatic carbocycles. The Morgan fingerprint density at radius 2 is 2.06 bits per heavy atom. The van der Waals surface area contributed by atoms with Crippen LogP contribution in [-0.2, 0) is 10.0 Å². The number of amides is 1. The van der Waals surface area contributed by atoms with Gasteiger partial charge >= 0.3 is 0 Å². The summed E-state index contributed by atoms with van der Waals surface area (Å²) < 4.78 is 25.8. The molecule has 1 aromatic carbocycles. The Bertz CT molecular complexity index is 553. The summed E-state index contributed by atoms with van der Waals surface area (Å²) in [5.41, 5.74) is 0.286. The zero-order valence-corrected chi connectivity index (χ0v) is 11.6. The van der Waals surface area contributed by atoms with Crippen molar-refractivity contribution in [1.29, 1.82) is 0 Å². The molecule has 0 saturated heterocycles. The molecule has 1 aromatic rings. The van der Waals surface area contributed by atoms with Crippen molar-refractivity contribution in [2.24, 2.45) is 0 Å². The van der Waals surface area contributed by atoms with Crippen LogP contribution < -0.4 is 0 Å². The van der Waals surface area contributed by atoms with Gasteiger partial charge < -0.3 is 0 Å². The van der Waals surface area contributed by atoms with Crippen molar-refractivity contribution in [1.82, 2.24) is 4.31 Å². The maximum atomic E-state index is 12.0. The van der Waals surface area contributed by atoms with Crippen molar-refractivity contribution in [3.8, 4) is 0 Å². The molecule has 0 atom stereocenters. The van der Waals surface area contributed by atoms with Gasteiger partial charge in [-0.1, -0.05) is 6.92 Å². The lowest BCUT2D eigenvalue weighted by Gasteiger charge is -2.12.